The normalized spacial score (nSPS) is 10.9. The van der Waals surface area contributed by atoms with E-state index >= 15 is 0 Å². The number of allylic oxidation sites excluding steroid dienone is 1. The van der Waals surface area contributed by atoms with E-state index in [9.17, 15) is 17.7 Å². The van der Waals surface area contributed by atoms with Gasteiger partial charge in [-0.25, -0.2) is 4.98 Å². The van der Waals surface area contributed by atoms with E-state index in [2.05, 4.69) is 11.6 Å². The molecule has 0 aromatic carbocycles. The summed E-state index contributed by atoms with van der Waals surface area (Å²) in [7, 11) is 0. The minimum absolute atomic E-state index is 0. The van der Waals surface area contributed by atoms with E-state index in [1.807, 2.05) is 0 Å². The molecular formula is C9H11BF3KN2O. The molecule has 0 radical (unpaired) electrons. The van der Waals surface area contributed by atoms with Gasteiger partial charge in [0, 0.05) is 17.8 Å². The van der Waals surface area contributed by atoms with Crippen molar-refractivity contribution in [3.8, 4) is 0 Å². The Bertz CT molecular complexity index is 484. The van der Waals surface area contributed by atoms with Crippen LogP contribution < -0.4 is 56.9 Å². The molecule has 1 rings (SSSR count). The van der Waals surface area contributed by atoms with Crippen LogP contribution in [0.15, 0.2) is 23.2 Å². The van der Waals surface area contributed by atoms with Gasteiger partial charge in [0.25, 0.3) is 5.56 Å². The Hall–Kier alpha value is 0.111. The van der Waals surface area contributed by atoms with Gasteiger partial charge in [-0.2, -0.15) is 0 Å². The Morgan fingerprint density at radius 3 is 2.47 bits per heavy atom. The van der Waals surface area contributed by atoms with Crippen LogP contribution in [0.4, 0.5) is 12.9 Å². The Kier molecular flexibility index (Phi) is 6.37. The average molecular weight is 270 g/mol. The summed E-state index contributed by atoms with van der Waals surface area (Å²) in [6.45, 7) is 0.416. The van der Waals surface area contributed by atoms with Crippen molar-refractivity contribution < 1.29 is 64.3 Å². The van der Waals surface area contributed by atoms with Crippen LogP contribution in [0.1, 0.15) is 11.3 Å². The van der Waals surface area contributed by atoms with Crippen LogP contribution in [-0.4, -0.2) is 16.5 Å². The first-order valence-corrected chi connectivity index (χ1v) is 4.63. The summed E-state index contributed by atoms with van der Waals surface area (Å²) >= 11 is 0. The third kappa shape index (κ3) is 4.36. The molecule has 3 nitrogen and oxygen atoms in total. The summed E-state index contributed by atoms with van der Waals surface area (Å²) in [4.78, 5) is 15.4. The van der Waals surface area contributed by atoms with Crippen LogP contribution >= 0.6 is 0 Å². The molecule has 1 aromatic heterocycles. The number of hydrogen-bond acceptors (Lipinski definition) is 2. The van der Waals surface area contributed by atoms with E-state index in [0.29, 0.717) is 11.3 Å². The van der Waals surface area contributed by atoms with Crippen molar-refractivity contribution in [2.24, 2.45) is 0 Å². The van der Waals surface area contributed by atoms with E-state index in [1.54, 1.807) is 6.92 Å². The quantitative estimate of drug-likeness (QED) is 0.647. The molecule has 0 N–H and O–H groups in total. The SMILES string of the molecule is C=C(Cn1cnc(C)c(C)c1=O)[B-](F)(F)F.[K+]. The molecule has 88 valence electrons. The molecule has 0 unspecified atom stereocenters. The fourth-order valence-electron chi connectivity index (χ4n) is 1.11. The summed E-state index contributed by atoms with van der Waals surface area (Å²) < 4.78 is 37.7. The Morgan fingerprint density at radius 2 is 2.00 bits per heavy atom. The monoisotopic (exact) mass is 270 g/mol. The van der Waals surface area contributed by atoms with E-state index in [4.69, 9.17) is 0 Å². The smallest absolute Gasteiger partial charge is 0.445 e. The van der Waals surface area contributed by atoms with E-state index in [0.717, 1.165) is 10.9 Å². The van der Waals surface area contributed by atoms with Crippen molar-refractivity contribution in [3.63, 3.8) is 0 Å². The maximum Gasteiger partial charge on any atom is 1.00 e. The molecule has 0 aliphatic rings. The molecule has 0 aliphatic heterocycles. The van der Waals surface area contributed by atoms with Gasteiger partial charge in [-0.1, -0.05) is 0 Å². The molecule has 1 heterocycles. The van der Waals surface area contributed by atoms with Gasteiger partial charge in [-0.05, 0) is 13.8 Å². The first-order chi connectivity index (χ1) is 7.23. The first-order valence-electron chi connectivity index (χ1n) is 4.63. The van der Waals surface area contributed by atoms with Crippen molar-refractivity contribution in [1.29, 1.82) is 0 Å². The second-order valence-corrected chi connectivity index (χ2v) is 3.62. The summed E-state index contributed by atoms with van der Waals surface area (Å²) in [6, 6.07) is 0. The summed E-state index contributed by atoms with van der Waals surface area (Å²) in [6.07, 6.45) is 1.11. The van der Waals surface area contributed by atoms with Gasteiger partial charge in [0.2, 0.25) is 0 Å². The molecule has 0 saturated carbocycles. The maximum absolute atomic E-state index is 12.3. The zero-order valence-corrected chi connectivity index (χ0v) is 13.1. The molecule has 0 amide bonds. The number of halogens is 3. The van der Waals surface area contributed by atoms with Crippen molar-refractivity contribution in [3.05, 3.63) is 40.0 Å². The van der Waals surface area contributed by atoms with Crippen LogP contribution in [-0.2, 0) is 6.54 Å². The van der Waals surface area contributed by atoms with Crippen LogP contribution in [0.5, 0.6) is 0 Å². The van der Waals surface area contributed by atoms with Crippen molar-refractivity contribution in [2.75, 3.05) is 0 Å². The fraction of sp³-hybridized carbons (Fsp3) is 0.333. The molecule has 1 aromatic rings. The number of rotatable bonds is 3. The van der Waals surface area contributed by atoms with Crippen LogP contribution in [0.3, 0.4) is 0 Å². The minimum atomic E-state index is -5.11. The number of nitrogens with zero attached hydrogens (tertiary/aromatic N) is 2. The Labute approximate surface area is 140 Å². The van der Waals surface area contributed by atoms with Gasteiger partial charge in [-0.15, -0.1) is 12.1 Å². The summed E-state index contributed by atoms with van der Waals surface area (Å²) in [5.41, 5.74) is -0.504. The largest absolute Gasteiger partial charge is 1.00 e. The zero-order chi connectivity index (χ0) is 12.5. The Morgan fingerprint density at radius 1 is 1.47 bits per heavy atom. The number of aromatic nitrogens is 2. The van der Waals surface area contributed by atoms with Crippen LogP contribution in [0.25, 0.3) is 0 Å². The van der Waals surface area contributed by atoms with Gasteiger partial charge in [0.15, 0.2) is 0 Å². The number of hydrogen-bond donors (Lipinski definition) is 0. The standard InChI is InChI=1S/C9H11BF3N2O.K/c1-6(10(11,12)13)4-15-5-14-8(3)7(2)9(15)16;/h5H,1,4H2,2-3H3;/q-1;+1. The van der Waals surface area contributed by atoms with E-state index < -0.39 is 24.6 Å². The molecular weight excluding hydrogens is 259 g/mol. The predicted octanol–water partition coefficient (Wildman–Crippen LogP) is -1.19. The van der Waals surface area contributed by atoms with Crippen LogP contribution in [0, 0.1) is 13.8 Å². The minimum Gasteiger partial charge on any atom is -0.445 e. The third-order valence-corrected chi connectivity index (χ3v) is 2.35. The third-order valence-electron chi connectivity index (χ3n) is 2.35. The fourth-order valence-corrected chi connectivity index (χ4v) is 1.11. The molecule has 8 heteroatoms. The van der Waals surface area contributed by atoms with Gasteiger partial charge in [-0.3, -0.25) is 9.36 Å². The van der Waals surface area contributed by atoms with E-state index in [-0.39, 0.29) is 51.4 Å². The van der Waals surface area contributed by atoms with E-state index in [1.165, 1.54) is 6.92 Å². The van der Waals surface area contributed by atoms with Crippen molar-refractivity contribution in [2.45, 2.75) is 20.4 Å². The Balaban J connectivity index is 0.00000256. The maximum atomic E-state index is 12.3. The molecule has 0 saturated heterocycles. The van der Waals surface area contributed by atoms with Gasteiger partial charge < -0.3 is 12.9 Å². The number of aryl methyl sites for hydroxylation is 1. The van der Waals surface area contributed by atoms with Crippen molar-refractivity contribution in [1.82, 2.24) is 9.55 Å². The summed E-state index contributed by atoms with van der Waals surface area (Å²) in [5.74, 6) is 0. The topological polar surface area (TPSA) is 34.9 Å². The molecule has 0 spiro atoms. The first kappa shape index (κ1) is 17.1. The molecule has 0 atom stereocenters. The molecule has 0 bridgehead atoms. The molecule has 17 heavy (non-hydrogen) atoms. The van der Waals surface area contributed by atoms with Crippen LogP contribution in [0.2, 0.25) is 0 Å². The zero-order valence-electron chi connectivity index (χ0n) is 10.0. The van der Waals surface area contributed by atoms with Gasteiger partial charge in [0.05, 0.1) is 6.33 Å². The average Bonchev–Trinajstić information content (AvgIpc) is 2.17. The van der Waals surface area contributed by atoms with Gasteiger partial charge >= 0.3 is 58.4 Å². The van der Waals surface area contributed by atoms with Gasteiger partial charge in [0.1, 0.15) is 0 Å². The molecule has 0 fully saturated rings. The predicted molar refractivity (Wildman–Crippen MR) is 56.2 cm³/mol. The molecule has 0 aliphatic carbocycles. The van der Waals surface area contributed by atoms with Crippen molar-refractivity contribution >= 4 is 6.98 Å². The second-order valence-electron chi connectivity index (χ2n) is 3.62. The summed E-state index contributed by atoms with van der Waals surface area (Å²) in [5, 5.41) is 0. The second kappa shape index (κ2) is 6.33.